The third kappa shape index (κ3) is 5.47. The molecule has 1 aromatic heterocycles. The van der Waals surface area contributed by atoms with E-state index in [9.17, 15) is 14.4 Å². The summed E-state index contributed by atoms with van der Waals surface area (Å²) in [6.45, 7) is 7.17. The van der Waals surface area contributed by atoms with Gasteiger partial charge in [0.2, 0.25) is 0 Å². The van der Waals surface area contributed by atoms with Crippen LogP contribution in [0, 0.1) is 25.2 Å². The van der Waals surface area contributed by atoms with Crippen molar-refractivity contribution in [1.82, 2.24) is 4.98 Å². The van der Waals surface area contributed by atoms with Crippen LogP contribution in [0.4, 0.5) is 5.69 Å². The Hall–Kier alpha value is -3.60. The van der Waals surface area contributed by atoms with Gasteiger partial charge >= 0.3 is 5.97 Å². The van der Waals surface area contributed by atoms with Gasteiger partial charge in [-0.15, -0.1) is 0 Å². The Morgan fingerprint density at radius 1 is 1.27 bits per heavy atom. The highest BCUT2D eigenvalue weighted by molar-refractivity contribution is 5.96. The number of anilines is 1. The van der Waals surface area contributed by atoms with Gasteiger partial charge in [-0.3, -0.25) is 14.4 Å². The van der Waals surface area contributed by atoms with Gasteiger partial charge < -0.3 is 19.8 Å². The van der Waals surface area contributed by atoms with Gasteiger partial charge in [-0.2, -0.15) is 5.26 Å². The minimum absolute atomic E-state index is 0.00570. The molecule has 1 heterocycles. The maximum absolute atomic E-state index is 12.4. The molecule has 0 saturated heterocycles. The molecule has 8 nitrogen and oxygen atoms in total. The maximum atomic E-state index is 12.4. The summed E-state index contributed by atoms with van der Waals surface area (Å²) in [5, 5.41) is 11.8. The summed E-state index contributed by atoms with van der Waals surface area (Å²) < 4.78 is 10.7. The summed E-state index contributed by atoms with van der Waals surface area (Å²) >= 11 is 0. The summed E-state index contributed by atoms with van der Waals surface area (Å²) in [6.07, 6.45) is -0.713. The number of aromatic amines is 1. The molecule has 2 rings (SSSR count). The summed E-state index contributed by atoms with van der Waals surface area (Å²) in [4.78, 5) is 39.0. The zero-order valence-corrected chi connectivity index (χ0v) is 17.5. The number of carbonyl (C=O) groups is 2. The van der Waals surface area contributed by atoms with Crippen LogP contribution in [-0.2, 0) is 20.7 Å². The molecule has 0 aliphatic rings. The predicted octanol–water partition coefficient (Wildman–Crippen LogP) is 2.77. The summed E-state index contributed by atoms with van der Waals surface area (Å²) in [7, 11) is 0. The van der Waals surface area contributed by atoms with Gasteiger partial charge in [-0.25, -0.2) is 0 Å². The van der Waals surface area contributed by atoms with Crippen LogP contribution >= 0.6 is 0 Å². The Morgan fingerprint density at radius 3 is 2.63 bits per heavy atom. The van der Waals surface area contributed by atoms with E-state index in [0.29, 0.717) is 34.9 Å². The van der Waals surface area contributed by atoms with Crippen LogP contribution in [0.2, 0.25) is 0 Å². The van der Waals surface area contributed by atoms with Gasteiger partial charge in [0.25, 0.3) is 11.5 Å². The lowest BCUT2D eigenvalue weighted by atomic mass is 9.99. The van der Waals surface area contributed by atoms with E-state index in [4.69, 9.17) is 14.7 Å². The van der Waals surface area contributed by atoms with E-state index >= 15 is 0 Å². The van der Waals surface area contributed by atoms with Gasteiger partial charge in [0.15, 0.2) is 6.10 Å². The number of H-pyrrole nitrogens is 1. The highest BCUT2D eigenvalue weighted by atomic mass is 16.5. The molecule has 1 aromatic carbocycles. The Bertz CT molecular complexity index is 1040. The number of hydrogen-bond acceptors (Lipinski definition) is 6. The van der Waals surface area contributed by atoms with E-state index in [0.717, 1.165) is 0 Å². The number of pyridine rings is 1. The zero-order valence-electron chi connectivity index (χ0n) is 17.5. The van der Waals surface area contributed by atoms with Crippen LogP contribution in [0.3, 0.4) is 0 Å². The van der Waals surface area contributed by atoms with Crippen LogP contribution in [0.15, 0.2) is 29.1 Å². The van der Waals surface area contributed by atoms with Crippen molar-refractivity contribution in [3.8, 4) is 11.8 Å². The number of aromatic nitrogens is 1. The largest absolute Gasteiger partial charge is 0.492 e. The lowest BCUT2D eigenvalue weighted by Gasteiger charge is -2.16. The topological polar surface area (TPSA) is 121 Å². The molecule has 1 atom stereocenters. The quantitative estimate of drug-likeness (QED) is 0.644. The molecule has 1 amide bonds. The molecule has 0 saturated carbocycles. The first-order chi connectivity index (χ1) is 14.3. The molecule has 2 N–H and O–H groups in total. The van der Waals surface area contributed by atoms with Gasteiger partial charge in [-0.05, 0) is 57.4 Å². The zero-order chi connectivity index (χ0) is 22.3. The van der Waals surface area contributed by atoms with E-state index in [1.165, 1.54) is 6.92 Å². The van der Waals surface area contributed by atoms with E-state index in [1.807, 2.05) is 13.0 Å². The SMILES string of the molecule is CCOc1ccccc1NC(=O)[C@H](C)OC(=O)CCc1c(C)[nH]c(=O)c(C#N)c1C. The molecule has 0 aliphatic heterocycles. The molecule has 0 fully saturated rings. The van der Waals surface area contributed by atoms with Crippen molar-refractivity contribution in [2.24, 2.45) is 0 Å². The van der Waals surface area contributed by atoms with Crippen molar-refractivity contribution < 1.29 is 19.1 Å². The third-order valence-corrected chi connectivity index (χ3v) is 4.62. The summed E-state index contributed by atoms with van der Waals surface area (Å²) in [5.41, 5.74) is 1.94. The van der Waals surface area contributed by atoms with E-state index in [-0.39, 0.29) is 18.4 Å². The number of nitriles is 1. The normalized spacial score (nSPS) is 11.3. The van der Waals surface area contributed by atoms with E-state index in [1.54, 1.807) is 38.1 Å². The maximum Gasteiger partial charge on any atom is 0.306 e. The van der Waals surface area contributed by atoms with Crippen molar-refractivity contribution in [3.63, 3.8) is 0 Å². The fraction of sp³-hybridized carbons (Fsp3) is 0.364. The van der Waals surface area contributed by atoms with Gasteiger partial charge in [0.1, 0.15) is 17.4 Å². The smallest absolute Gasteiger partial charge is 0.306 e. The van der Waals surface area contributed by atoms with Gasteiger partial charge in [-0.1, -0.05) is 12.1 Å². The van der Waals surface area contributed by atoms with Gasteiger partial charge in [0.05, 0.1) is 12.3 Å². The van der Waals surface area contributed by atoms with Crippen molar-refractivity contribution in [3.05, 3.63) is 57.0 Å². The number of aryl methyl sites for hydroxylation is 1. The van der Waals surface area contributed by atoms with Gasteiger partial charge in [0, 0.05) is 12.1 Å². The first-order valence-electron chi connectivity index (χ1n) is 9.63. The number of rotatable bonds is 8. The number of benzene rings is 1. The summed E-state index contributed by atoms with van der Waals surface area (Å²) in [6, 6.07) is 8.87. The van der Waals surface area contributed by atoms with Crippen molar-refractivity contribution in [2.75, 3.05) is 11.9 Å². The number of para-hydroxylation sites is 2. The molecule has 0 bridgehead atoms. The molecular formula is C22H25N3O5. The second-order valence-corrected chi connectivity index (χ2v) is 6.72. The Morgan fingerprint density at radius 2 is 1.97 bits per heavy atom. The minimum atomic E-state index is -1.00. The molecule has 2 aromatic rings. The Kier molecular flexibility index (Phi) is 7.76. The molecule has 0 radical (unpaired) electrons. The monoisotopic (exact) mass is 411 g/mol. The number of ether oxygens (including phenoxy) is 2. The van der Waals surface area contributed by atoms with Crippen LogP contribution < -0.4 is 15.6 Å². The Labute approximate surface area is 174 Å². The third-order valence-electron chi connectivity index (χ3n) is 4.62. The number of amides is 1. The first kappa shape index (κ1) is 22.7. The van der Waals surface area contributed by atoms with Crippen molar-refractivity contribution in [2.45, 2.75) is 46.6 Å². The van der Waals surface area contributed by atoms with E-state index in [2.05, 4.69) is 10.3 Å². The van der Waals surface area contributed by atoms with Crippen molar-refractivity contribution in [1.29, 1.82) is 5.26 Å². The second kappa shape index (κ2) is 10.3. The number of nitrogens with one attached hydrogen (secondary N) is 2. The molecule has 0 spiro atoms. The second-order valence-electron chi connectivity index (χ2n) is 6.72. The fourth-order valence-electron chi connectivity index (χ4n) is 3.04. The highest BCUT2D eigenvalue weighted by Gasteiger charge is 2.20. The minimum Gasteiger partial charge on any atom is -0.492 e. The van der Waals surface area contributed by atoms with Crippen LogP contribution in [0.1, 0.15) is 42.7 Å². The summed E-state index contributed by atoms with van der Waals surface area (Å²) in [5.74, 6) is -0.498. The lowest BCUT2D eigenvalue weighted by Crippen LogP contribution is -2.30. The average Bonchev–Trinajstić information content (AvgIpc) is 2.69. The average molecular weight is 411 g/mol. The molecule has 30 heavy (non-hydrogen) atoms. The van der Waals surface area contributed by atoms with E-state index < -0.39 is 23.5 Å². The number of carbonyl (C=O) groups excluding carboxylic acids is 2. The van der Waals surface area contributed by atoms with Crippen LogP contribution in [0.25, 0.3) is 0 Å². The lowest BCUT2D eigenvalue weighted by molar-refractivity contribution is -0.153. The fourth-order valence-corrected chi connectivity index (χ4v) is 3.04. The van der Waals surface area contributed by atoms with Crippen LogP contribution in [0.5, 0.6) is 5.75 Å². The standard InChI is InChI=1S/C22H25N3O5/c1-5-29-19-9-7-6-8-18(19)25-21(27)15(4)30-20(26)11-10-16-13(2)17(12-23)22(28)24-14(16)3/h6-9,15H,5,10-11H2,1-4H3,(H,24,28)(H,25,27)/t15-/m0/s1. The number of hydrogen-bond donors (Lipinski definition) is 2. The number of nitrogens with zero attached hydrogens (tertiary/aromatic N) is 1. The predicted molar refractivity (Wildman–Crippen MR) is 111 cm³/mol. The van der Waals surface area contributed by atoms with Crippen LogP contribution in [-0.4, -0.2) is 29.6 Å². The molecule has 158 valence electrons. The molecule has 0 aliphatic carbocycles. The highest BCUT2D eigenvalue weighted by Crippen LogP contribution is 2.24. The molecule has 0 unspecified atom stereocenters. The van der Waals surface area contributed by atoms with Crippen molar-refractivity contribution >= 4 is 17.6 Å². The number of esters is 1. The molecular weight excluding hydrogens is 386 g/mol. The first-order valence-corrected chi connectivity index (χ1v) is 9.63. The molecule has 8 heteroatoms. The Balaban J connectivity index is 1.98.